The van der Waals surface area contributed by atoms with Gasteiger partial charge in [0.05, 0.1) is 0 Å². The van der Waals surface area contributed by atoms with Gasteiger partial charge in [0, 0.05) is 36.7 Å². The zero-order chi connectivity index (χ0) is 18.8. The average Bonchev–Trinajstić information content (AvgIpc) is 3.29. The second-order valence-corrected chi connectivity index (χ2v) is 8.43. The molecule has 1 saturated carbocycles. The van der Waals surface area contributed by atoms with Crippen LogP contribution in [-0.4, -0.2) is 36.2 Å². The summed E-state index contributed by atoms with van der Waals surface area (Å²) in [5, 5.41) is 7.18. The van der Waals surface area contributed by atoms with Gasteiger partial charge in [-0.2, -0.15) is 0 Å². The van der Waals surface area contributed by atoms with E-state index in [1.807, 2.05) is 0 Å². The monoisotopic (exact) mass is 377 g/mol. The van der Waals surface area contributed by atoms with Crippen LogP contribution in [0.5, 0.6) is 0 Å². The lowest BCUT2D eigenvalue weighted by Gasteiger charge is -2.41. The lowest BCUT2D eigenvalue weighted by molar-refractivity contribution is 0.206. The summed E-state index contributed by atoms with van der Waals surface area (Å²) in [6, 6.07) is 9.40. The Morgan fingerprint density at radius 2 is 1.89 bits per heavy atom. The van der Waals surface area contributed by atoms with Crippen molar-refractivity contribution >= 4 is 17.3 Å². The van der Waals surface area contributed by atoms with Crippen molar-refractivity contribution in [1.29, 1.82) is 0 Å². The Hall–Kier alpha value is -2.43. The van der Waals surface area contributed by atoms with Crippen molar-refractivity contribution in [2.24, 2.45) is 4.99 Å². The van der Waals surface area contributed by atoms with Crippen molar-refractivity contribution in [2.45, 2.75) is 63.6 Å². The zero-order valence-corrected chi connectivity index (χ0v) is 16.6. The highest BCUT2D eigenvalue weighted by molar-refractivity contribution is 5.95. The first-order valence-electron chi connectivity index (χ1n) is 11.0. The lowest BCUT2D eigenvalue weighted by atomic mass is 10.0. The molecule has 1 saturated heterocycles. The fourth-order valence-corrected chi connectivity index (χ4v) is 4.98. The minimum Gasteiger partial charge on any atom is -0.371 e. The van der Waals surface area contributed by atoms with Gasteiger partial charge in [0.25, 0.3) is 0 Å². The Bertz CT molecular complexity index is 784. The number of piperidine rings is 1. The molecule has 4 aliphatic rings. The molecule has 0 amide bonds. The van der Waals surface area contributed by atoms with Crippen LogP contribution in [0.3, 0.4) is 0 Å². The molecule has 148 valence electrons. The molecule has 28 heavy (non-hydrogen) atoms. The van der Waals surface area contributed by atoms with Crippen LogP contribution in [0.25, 0.3) is 0 Å². The topological polar surface area (TPSA) is 42.9 Å². The highest BCUT2D eigenvalue weighted by atomic mass is 15.3. The molecule has 1 aliphatic carbocycles. The van der Waals surface area contributed by atoms with E-state index in [2.05, 4.69) is 68.2 Å². The van der Waals surface area contributed by atoms with Crippen LogP contribution in [0, 0.1) is 0 Å². The fraction of sp³-hybridized carbons (Fsp3) is 0.522. The summed E-state index contributed by atoms with van der Waals surface area (Å²) in [7, 11) is 0. The van der Waals surface area contributed by atoms with Gasteiger partial charge in [0.1, 0.15) is 6.17 Å². The molecule has 5 rings (SSSR count). The van der Waals surface area contributed by atoms with Crippen molar-refractivity contribution in [3.63, 3.8) is 0 Å². The predicted octanol–water partition coefficient (Wildman–Crippen LogP) is 4.42. The summed E-state index contributed by atoms with van der Waals surface area (Å²) < 4.78 is 0. The van der Waals surface area contributed by atoms with E-state index in [9.17, 15) is 0 Å². The molecule has 1 unspecified atom stereocenters. The van der Waals surface area contributed by atoms with E-state index in [4.69, 9.17) is 0 Å². The van der Waals surface area contributed by atoms with E-state index >= 15 is 0 Å². The molecule has 2 fully saturated rings. The Morgan fingerprint density at radius 3 is 2.75 bits per heavy atom. The van der Waals surface area contributed by atoms with Gasteiger partial charge in [-0.3, -0.25) is 0 Å². The average molecular weight is 378 g/mol. The van der Waals surface area contributed by atoms with Crippen molar-refractivity contribution in [1.82, 2.24) is 10.2 Å². The van der Waals surface area contributed by atoms with Gasteiger partial charge in [-0.15, -0.1) is 0 Å². The van der Waals surface area contributed by atoms with E-state index in [1.165, 1.54) is 69.3 Å². The molecule has 3 aliphatic heterocycles. The van der Waals surface area contributed by atoms with Gasteiger partial charge in [-0.05, 0) is 68.5 Å². The molecule has 1 atom stereocenters. The summed E-state index contributed by atoms with van der Waals surface area (Å²) in [4.78, 5) is 9.68. The Morgan fingerprint density at radius 1 is 1.04 bits per heavy atom. The maximum absolute atomic E-state index is 4.67. The van der Waals surface area contributed by atoms with Crippen LogP contribution in [-0.2, 0) is 0 Å². The Kier molecular flexibility index (Phi) is 4.98. The third-order valence-electron chi connectivity index (χ3n) is 6.49. The van der Waals surface area contributed by atoms with Crippen LogP contribution in [0.4, 0.5) is 11.4 Å². The summed E-state index contributed by atoms with van der Waals surface area (Å²) >= 11 is 0. The smallest absolute Gasteiger partial charge is 0.202 e. The number of nitrogens with one attached hydrogen (secondary N) is 2. The Balaban J connectivity index is 1.30. The highest BCUT2D eigenvalue weighted by Crippen LogP contribution is 2.31. The quantitative estimate of drug-likeness (QED) is 0.818. The molecule has 0 bridgehead atoms. The predicted molar refractivity (Wildman–Crippen MR) is 116 cm³/mol. The molecule has 2 N–H and O–H groups in total. The van der Waals surface area contributed by atoms with Crippen molar-refractivity contribution < 1.29 is 0 Å². The van der Waals surface area contributed by atoms with Crippen molar-refractivity contribution in [2.75, 3.05) is 23.3 Å². The van der Waals surface area contributed by atoms with Crippen LogP contribution in [0.1, 0.15) is 51.4 Å². The summed E-state index contributed by atoms with van der Waals surface area (Å²) in [6.45, 7) is 2.33. The molecule has 0 spiro atoms. The minimum atomic E-state index is 0.235. The first-order chi connectivity index (χ1) is 13.9. The summed E-state index contributed by atoms with van der Waals surface area (Å²) in [5.74, 6) is 0.850. The van der Waals surface area contributed by atoms with Crippen LogP contribution in [0.2, 0.25) is 0 Å². The molecule has 0 aromatic heterocycles. The molecule has 0 radical (unpaired) electrons. The van der Waals surface area contributed by atoms with Gasteiger partial charge in [-0.1, -0.05) is 25.0 Å². The third kappa shape index (κ3) is 3.62. The maximum atomic E-state index is 4.67. The maximum Gasteiger partial charge on any atom is 0.202 e. The fourth-order valence-electron chi connectivity index (χ4n) is 4.98. The van der Waals surface area contributed by atoms with Gasteiger partial charge >= 0.3 is 0 Å². The summed E-state index contributed by atoms with van der Waals surface area (Å²) in [6.07, 6.45) is 17.1. The van der Waals surface area contributed by atoms with Crippen LogP contribution < -0.4 is 15.5 Å². The van der Waals surface area contributed by atoms with Gasteiger partial charge < -0.3 is 20.4 Å². The van der Waals surface area contributed by atoms with E-state index in [1.54, 1.807) is 0 Å². The molecule has 3 heterocycles. The number of fused-ring (bicyclic) bond motifs is 1. The second-order valence-electron chi connectivity index (χ2n) is 8.43. The van der Waals surface area contributed by atoms with Crippen molar-refractivity contribution in [3.8, 4) is 0 Å². The number of rotatable bonds is 3. The molecular weight excluding hydrogens is 346 g/mol. The first-order valence-corrected chi connectivity index (χ1v) is 11.0. The molecule has 1 aromatic carbocycles. The molecule has 1 aromatic rings. The van der Waals surface area contributed by atoms with Gasteiger partial charge in [0.15, 0.2) is 0 Å². The number of allylic oxidation sites excluding steroid dienone is 1. The lowest BCUT2D eigenvalue weighted by Crippen LogP contribution is -2.54. The van der Waals surface area contributed by atoms with Crippen LogP contribution in [0.15, 0.2) is 53.3 Å². The van der Waals surface area contributed by atoms with E-state index in [0.29, 0.717) is 6.04 Å². The summed E-state index contributed by atoms with van der Waals surface area (Å²) in [5.41, 5.74) is 3.78. The largest absolute Gasteiger partial charge is 0.371 e. The first kappa shape index (κ1) is 17.7. The Labute approximate surface area is 168 Å². The second kappa shape index (κ2) is 7.90. The van der Waals surface area contributed by atoms with Gasteiger partial charge in [-0.25, -0.2) is 4.99 Å². The number of nitrogens with zero attached hydrogens (tertiary/aromatic N) is 3. The SMILES string of the molecule is C1=CN(C2CCCC2)C2NC(Nc3cccc(N4CCCCC4)c3)=NC=C2C1. The number of hydrogen-bond acceptors (Lipinski definition) is 5. The molecule has 5 heteroatoms. The van der Waals surface area contributed by atoms with Crippen molar-refractivity contribution in [3.05, 3.63) is 48.3 Å². The number of guanidine groups is 1. The minimum absolute atomic E-state index is 0.235. The van der Waals surface area contributed by atoms with Crippen LogP contribution >= 0.6 is 0 Å². The van der Waals surface area contributed by atoms with E-state index in [0.717, 1.165) is 18.1 Å². The zero-order valence-electron chi connectivity index (χ0n) is 16.6. The third-order valence-corrected chi connectivity index (χ3v) is 6.49. The molecular formula is C23H31N5. The standard InChI is InChI=1S/C23H31N5/c1-4-13-27(14-5-1)21-12-6-9-19(16-21)25-23-24-17-18-8-7-15-28(22(18)26-23)20-10-2-3-11-20/h6-7,9,12,15-17,20,22H,1-5,8,10-11,13-14H2,(H2,24,25,26). The normalized spacial score (nSPS) is 25.1. The molecule has 5 nitrogen and oxygen atoms in total. The highest BCUT2D eigenvalue weighted by Gasteiger charge is 2.32. The number of aliphatic imine (C=N–C) groups is 1. The van der Waals surface area contributed by atoms with E-state index in [-0.39, 0.29) is 6.17 Å². The number of hydrogen-bond donors (Lipinski definition) is 2. The van der Waals surface area contributed by atoms with Gasteiger partial charge in [0.2, 0.25) is 5.96 Å². The number of benzene rings is 1. The van der Waals surface area contributed by atoms with E-state index < -0.39 is 0 Å². The number of anilines is 2.